The van der Waals surface area contributed by atoms with Gasteiger partial charge in [0.2, 0.25) is 0 Å². The van der Waals surface area contributed by atoms with Gasteiger partial charge >= 0.3 is 0 Å². The summed E-state index contributed by atoms with van der Waals surface area (Å²) >= 11 is 7.19. The normalized spacial score (nSPS) is 28.0. The molecule has 1 heterocycles. The Labute approximate surface area is 109 Å². The van der Waals surface area contributed by atoms with Crippen molar-refractivity contribution in [1.82, 2.24) is 4.90 Å². The van der Waals surface area contributed by atoms with Gasteiger partial charge in [-0.1, -0.05) is 39.9 Å². The molecule has 0 bridgehead atoms. The summed E-state index contributed by atoms with van der Waals surface area (Å²) in [6.45, 7) is 12.4. The number of thiocarbonyl (C=S) groups is 1. The van der Waals surface area contributed by atoms with Gasteiger partial charge in [0, 0.05) is 29.0 Å². The summed E-state index contributed by atoms with van der Waals surface area (Å²) in [5.41, 5.74) is 5.74. The average Bonchev–Trinajstić information content (AvgIpc) is 2.13. The van der Waals surface area contributed by atoms with E-state index in [2.05, 4.69) is 44.4 Å². The lowest BCUT2D eigenvalue weighted by atomic mass is 9.89. The largest absolute Gasteiger partial charge is 0.393 e. The van der Waals surface area contributed by atoms with Gasteiger partial charge in [-0.25, -0.2) is 0 Å². The summed E-state index contributed by atoms with van der Waals surface area (Å²) < 4.78 is 0. The predicted octanol–water partition coefficient (Wildman–Crippen LogP) is 2.51. The van der Waals surface area contributed by atoms with Gasteiger partial charge in [0.1, 0.15) is 0 Å². The lowest BCUT2D eigenvalue weighted by Crippen LogP contribution is -2.43. The highest BCUT2D eigenvalue weighted by Crippen LogP contribution is 2.27. The summed E-state index contributed by atoms with van der Waals surface area (Å²) in [6, 6.07) is 0. The summed E-state index contributed by atoms with van der Waals surface area (Å²) in [6.07, 6.45) is 1.06. The molecule has 94 valence electrons. The molecule has 0 aromatic rings. The number of nitrogens with zero attached hydrogens (tertiary/aromatic N) is 1. The summed E-state index contributed by atoms with van der Waals surface area (Å²) in [5, 5.41) is 1.49. The molecule has 0 aliphatic carbocycles. The fourth-order valence-corrected chi connectivity index (χ4v) is 3.52. The molecule has 0 aromatic heterocycles. The first kappa shape index (κ1) is 14.3. The molecule has 0 saturated carbocycles. The van der Waals surface area contributed by atoms with Crippen molar-refractivity contribution in [2.24, 2.45) is 11.1 Å². The highest BCUT2D eigenvalue weighted by molar-refractivity contribution is 8.00. The average molecular weight is 260 g/mol. The highest BCUT2D eigenvalue weighted by atomic mass is 32.2. The fraction of sp³-hybridized carbons (Fsp3) is 0.917. The monoisotopic (exact) mass is 260 g/mol. The van der Waals surface area contributed by atoms with Gasteiger partial charge in [0.25, 0.3) is 0 Å². The maximum atomic E-state index is 5.75. The van der Waals surface area contributed by atoms with Crippen LogP contribution in [0, 0.1) is 5.41 Å². The molecule has 1 saturated heterocycles. The fourth-order valence-electron chi connectivity index (χ4n) is 2.03. The molecule has 1 aliphatic rings. The van der Waals surface area contributed by atoms with Crippen LogP contribution in [-0.2, 0) is 0 Å². The lowest BCUT2D eigenvalue weighted by Gasteiger charge is -2.36. The van der Waals surface area contributed by atoms with Crippen LogP contribution in [-0.4, -0.2) is 40.0 Å². The second-order valence-electron chi connectivity index (χ2n) is 5.52. The Balaban J connectivity index is 2.40. The first-order valence-electron chi connectivity index (χ1n) is 5.99. The van der Waals surface area contributed by atoms with E-state index in [0.29, 0.717) is 4.99 Å². The Morgan fingerprint density at radius 3 is 2.31 bits per heavy atom. The van der Waals surface area contributed by atoms with Gasteiger partial charge < -0.3 is 10.6 Å². The molecule has 1 fully saturated rings. The maximum Gasteiger partial charge on any atom is 0.0784 e. The summed E-state index contributed by atoms with van der Waals surface area (Å²) in [7, 11) is 0. The zero-order chi connectivity index (χ0) is 12.3. The van der Waals surface area contributed by atoms with Crippen molar-refractivity contribution in [3.8, 4) is 0 Å². The van der Waals surface area contributed by atoms with Crippen LogP contribution in [0.1, 0.15) is 34.1 Å². The molecular weight excluding hydrogens is 236 g/mol. The second kappa shape index (κ2) is 5.69. The van der Waals surface area contributed by atoms with E-state index in [1.807, 2.05) is 0 Å². The standard InChI is InChI=1S/C12H24N2S2/c1-9-7-14(8-10(2)16-9)6-5-12(3,4)11(13)15/h9-10H,5-8H2,1-4H3,(H2,13,15). The lowest BCUT2D eigenvalue weighted by molar-refractivity contribution is 0.243. The van der Waals surface area contributed by atoms with Crippen LogP contribution in [0.2, 0.25) is 0 Å². The number of thioether (sulfide) groups is 1. The minimum absolute atomic E-state index is 0.00754. The van der Waals surface area contributed by atoms with Crippen molar-refractivity contribution in [1.29, 1.82) is 0 Å². The molecule has 2 nitrogen and oxygen atoms in total. The molecule has 0 spiro atoms. The van der Waals surface area contributed by atoms with Gasteiger partial charge in [-0.15, -0.1) is 0 Å². The number of nitrogens with two attached hydrogens (primary N) is 1. The summed E-state index contributed by atoms with van der Waals surface area (Å²) in [5.74, 6) is 0. The SMILES string of the molecule is CC1CN(CCC(C)(C)C(N)=S)CC(C)S1. The van der Waals surface area contributed by atoms with Gasteiger partial charge in [0.15, 0.2) is 0 Å². The molecule has 16 heavy (non-hydrogen) atoms. The Kier molecular flexibility index (Phi) is 5.08. The van der Waals surface area contributed by atoms with Crippen molar-refractivity contribution in [2.45, 2.75) is 44.6 Å². The van der Waals surface area contributed by atoms with Crippen molar-refractivity contribution in [3.63, 3.8) is 0 Å². The van der Waals surface area contributed by atoms with E-state index in [-0.39, 0.29) is 5.41 Å². The smallest absolute Gasteiger partial charge is 0.0784 e. The van der Waals surface area contributed by atoms with Crippen molar-refractivity contribution in [2.75, 3.05) is 19.6 Å². The third-order valence-electron chi connectivity index (χ3n) is 3.22. The van der Waals surface area contributed by atoms with Crippen LogP contribution in [0.4, 0.5) is 0 Å². The third-order valence-corrected chi connectivity index (χ3v) is 5.00. The zero-order valence-corrected chi connectivity index (χ0v) is 12.5. The Morgan fingerprint density at radius 1 is 1.38 bits per heavy atom. The molecule has 0 aromatic carbocycles. The van der Waals surface area contributed by atoms with Crippen LogP contribution in [0.5, 0.6) is 0 Å². The minimum Gasteiger partial charge on any atom is -0.393 e. The Morgan fingerprint density at radius 2 is 1.88 bits per heavy atom. The molecule has 4 heteroatoms. The minimum atomic E-state index is -0.00754. The molecule has 1 aliphatic heterocycles. The number of hydrogen-bond donors (Lipinski definition) is 1. The van der Waals surface area contributed by atoms with Crippen LogP contribution in [0.3, 0.4) is 0 Å². The zero-order valence-electron chi connectivity index (χ0n) is 10.8. The molecular formula is C12H24N2S2. The number of rotatable bonds is 4. The highest BCUT2D eigenvalue weighted by Gasteiger charge is 2.26. The van der Waals surface area contributed by atoms with E-state index >= 15 is 0 Å². The van der Waals surface area contributed by atoms with E-state index in [1.54, 1.807) is 0 Å². The van der Waals surface area contributed by atoms with Crippen LogP contribution in [0.25, 0.3) is 0 Å². The first-order chi connectivity index (χ1) is 7.31. The first-order valence-corrected chi connectivity index (χ1v) is 7.34. The molecule has 1 rings (SSSR count). The third kappa shape index (κ3) is 4.22. The molecule has 2 atom stereocenters. The van der Waals surface area contributed by atoms with E-state index in [4.69, 9.17) is 18.0 Å². The van der Waals surface area contributed by atoms with Crippen molar-refractivity contribution in [3.05, 3.63) is 0 Å². The van der Waals surface area contributed by atoms with Crippen molar-refractivity contribution >= 4 is 29.0 Å². The Hall–Kier alpha value is 0.200. The van der Waals surface area contributed by atoms with E-state index < -0.39 is 0 Å². The topological polar surface area (TPSA) is 29.3 Å². The van der Waals surface area contributed by atoms with Gasteiger partial charge in [-0.05, 0) is 13.0 Å². The van der Waals surface area contributed by atoms with Crippen LogP contribution in [0.15, 0.2) is 0 Å². The quantitative estimate of drug-likeness (QED) is 0.787. The van der Waals surface area contributed by atoms with E-state index in [0.717, 1.165) is 23.5 Å². The Bertz CT molecular complexity index is 243. The van der Waals surface area contributed by atoms with Crippen LogP contribution >= 0.6 is 24.0 Å². The summed E-state index contributed by atoms with van der Waals surface area (Å²) in [4.78, 5) is 3.19. The van der Waals surface area contributed by atoms with E-state index in [9.17, 15) is 0 Å². The predicted molar refractivity (Wildman–Crippen MR) is 78.1 cm³/mol. The van der Waals surface area contributed by atoms with Gasteiger partial charge in [-0.3, -0.25) is 0 Å². The van der Waals surface area contributed by atoms with Gasteiger partial charge in [0.05, 0.1) is 4.99 Å². The molecule has 2 unspecified atom stereocenters. The van der Waals surface area contributed by atoms with Crippen LogP contribution < -0.4 is 5.73 Å². The molecule has 0 amide bonds. The number of hydrogen-bond acceptors (Lipinski definition) is 3. The second-order valence-corrected chi connectivity index (χ2v) is 7.84. The van der Waals surface area contributed by atoms with E-state index in [1.165, 1.54) is 13.1 Å². The van der Waals surface area contributed by atoms with Crippen molar-refractivity contribution < 1.29 is 0 Å². The maximum absolute atomic E-state index is 5.75. The molecule has 2 N–H and O–H groups in total. The van der Waals surface area contributed by atoms with Gasteiger partial charge in [-0.2, -0.15) is 11.8 Å². The molecule has 0 radical (unpaired) electrons.